The molecule has 1 saturated carbocycles. The lowest BCUT2D eigenvalue weighted by Crippen LogP contribution is -2.48. The van der Waals surface area contributed by atoms with Gasteiger partial charge >= 0.3 is 5.97 Å². The molecular weight excluding hydrogens is 242 g/mol. The number of esters is 1. The van der Waals surface area contributed by atoms with Crippen molar-refractivity contribution < 1.29 is 14.3 Å². The standard InChI is InChI=1S/C15H27NO3/c1-16(10-6-14(17)18-2)13-7-11-19-15(12-13)8-4-3-5-9-15/h13H,3-12H2,1-2H3. The molecule has 2 aliphatic rings. The monoisotopic (exact) mass is 269 g/mol. The van der Waals surface area contributed by atoms with Crippen LogP contribution in [-0.2, 0) is 14.3 Å². The normalized spacial score (nSPS) is 26.6. The van der Waals surface area contributed by atoms with Crippen LogP contribution in [0.1, 0.15) is 51.4 Å². The summed E-state index contributed by atoms with van der Waals surface area (Å²) in [6.07, 6.45) is 9.09. The van der Waals surface area contributed by atoms with Crippen molar-refractivity contribution in [3.05, 3.63) is 0 Å². The number of ether oxygens (including phenoxy) is 2. The Kier molecular flexibility index (Phi) is 5.22. The Morgan fingerprint density at radius 3 is 2.79 bits per heavy atom. The molecule has 19 heavy (non-hydrogen) atoms. The fourth-order valence-electron chi connectivity index (χ4n) is 3.47. The highest BCUT2D eigenvalue weighted by molar-refractivity contribution is 5.69. The molecule has 0 amide bonds. The number of carbonyl (C=O) groups is 1. The van der Waals surface area contributed by atoms with E-state index in [1.165, 1.54) is 39.2 Å². The van der Waals surface area contributed by atoms with Crippen molar-refractivity contribution >= 4 is 5.97 Å². The number of methoxy groups -OCH3 is 1. The van der Waals surface area contributed by atoms with Crippen molar-refractivity contribution in [3.8, 4) is 0 Å². The molecule has 0 radical (unpaired) electrons. The van der Waals surface area contributed by atoms with E-state index in [0.717, 1.165) is 26.0 Å². The second-order valence-corrected chi connectivity index (χ2v) is 6.05. The van der Waals surface area contributed by atoms with E-state index in [2.05, 4.69) is 11.9 Å². The maximum Gasteiger partial charge on any atom is 0.306 e. The molecule has 2 rings (SSSR count). The topological polar surface area (TPSA) is 38.8 Å². The third-order valence-corrected chi connectivity index (χ3v) is 4.75. The first-order chi connectivity index (χ1) is 9.15. The summed E-state index contributed by atoms with van der Waals surface area (Å²) in [5, 5.41) is 0. The van der Waals surface area contributed by atoms with Gasteiger partial charge in [-0.15, -0.1) is 0 Å². The maximum absolute atomic E-state index is 11.2. The molecule has 1 heterocycles. The number of nitrogens with zero attached hydrogens (tertiary/aromatic N) is 1. The molecule has 1 aliphatic carbocycles. The van der Waals surface area contributed by atoms with Gasteiger partial charge in [-0.1, -0.05) is 19.3 Å². The summed E-state index contributed by atoms with van der Waals surface area (Å²) in [6, 6.07) is 0.552. The summed E-state index contributed by atoms with van der Waals surface area (Å²) >= 11 is 0. The highest BCUT2D eigenvalue weighted by Gasteiger charge is 2.39. The van der Waals surface area contributed by atoms with Gasteiger partial charge in [-0.25, -0.2) is 0 Å². The van der Waals surface area contributed by atoms with Crippen LogP contribution in [-0.4, -0.2) is 49.8 Å². The summed E-state index contributed by atoms with van der Waals surface area (Å²) in [6.45, 7) is 1.65. The average molecular weight is 269 g/mol. The zero-order valence-corrected chi connectivity index (χ0v) is 12.3. The van der Waals surface area contributed by atoms with E-state index < -0.39 is 0 Å². The van der Waals surface area contributed by atoms with Crippen molar-refractivity contribution in [3.63, 3.8) is 0 Å². The largest absolute Gasteiger partial charge is 0.469 e. The fourth-order valence-corrected chi connectivity index (χ4v) is 3.47. The van der Waals surface area contributed by atoms with E-state index in [1.54, 1.807) is 0 Å². The molecule has 2 fully saturated rings. The van der Waals surface area contributed by atoms with Crippen molar-refractivity contribution in [2.75, 3.05) is 27.3 Å². The fraction of sp³-hybridized carbons (Fsp3) is 0.933. The lowest BCUT2D eigenvalue weighted by molar-refractivity contribution is -0.141. The van der Waals surface area contributed by atoms with E-state index in [9.17, 15) is 4.79 Å². The molecule has 1 aliphatic heterocycles. The van der Waals surface area contributed by atoms with Gasteiger partial charge in [0, 0.05) is 19.2 Å². The molecule has 110 valence electrons. The second-order valence-electron chi connectivity index (χ2n) is 6.05. The van der Waals surface area contributed by atoms with Gasteiger partial charge in [0.1, 0.15) is 0 Å². The van der Waals surface area contributed by atoms with Gasteiger partial charge in [0.15, 0.2) is 0 Å². The number of hydrogen-bond donors (Lipinski definition) is 0. The van der Waals surface area contributed by atoms with Crippen LogP contribution in [0.5, 0.6) is 0 Å². The summed E-state index contributed by atoms with van der Waals surface area (Å²) in [5.41, 5.74) is 0.140. The van der Waals surface area contributed by atoms with Gasteiger partial charge in [-0.05, 0) is 32.7 Å². The van der Waals surface area contributed by atoms with E-state index in [4.69, 9.17) is 9.47 Å². The Morgan fingerprint density at radius 2 is 2.11 bits per heavy atom. The van der Waals surface area contributed by atoms with Crippen molar-refractivity contribution in [2.24, 2.45) is 0 Å². The predicted molar refractivity (Wildman–Crippen MR) is 74.1 cm³/mol. The number of carbonyl (C=O) groups excluding carboxylic acids is 1. The minimum atomic E-state index is -0.119. The molecule has 0 aromatic carbocycles. The third-order valence-electron chi connectivity index (χ3n) is 4.75. The van der Waals surface area contributed by atoms with Crippen LogP contribution >= 0.6 is 0 Å². The molecule has 1 saturated heterocycles. The molecule has 1 spiro atoms. The Balaban J connectivity index is 1.84. The lowest BCUT2D eigenvalue weighted by atomic mass is 9.78. The first-order valence-electron chi connectivity index (χ1n) is 7.56. The summed E-state index contributed by atoms with van der Waals surface area (Å²) in [5.74, 6) is -0.119. The Labute approximate surface area is 116 Å². The second kappa shape index (κ2) is 6.71. The van der Waals surface area contributed by atoms with Gasteiger partial charge < -0.3 is 14.4 Å². The van der Waals surface area contributed by atoms with Gasteiger partial charge in [0.2, 0.25) is 0 Å². The highest BCUT2D eigenvalue weighted by Crippen LogP contribution is 2.39. The smallest absolute Gasteiger partial charge is 0.306 e. The Hall–Kier alpha value is -0.610. The Morgan fingerprint density at radius 1 is 1.37 bits per heavy atom. The summed E-state index contributed by atoms with van der Waals surface area (Å²) < 4.78 is 10.8. The van der Waals surface area contributed by atoms with Crippen molar-refractivity contribution in [1.82, 2.24) is 4.90 Å². The van der Waals surface area contributed by atoms with E-state index in [1.807, 2.05) is 0 Å². The third kappa shape index (κ3) is 3.93. The minimum absolute atomic E-state index is 0.119. The average Bonchev–Trinajstić information content (AvgIpc) is 2.45. The Bertz CT molecular complexity index is 294. The van der Waals surface area contributed by atoms with Crippen LogP contribution in [0, 0.1) is 0 Å². The van der Waals surface area contributed by atoms with Crippen LogP contribution in [0.25, 0.3) is 0 Å². The molecule has 4 heteroatoms. The molecular formula is C15H27NO3. The molecule has 0 bridgehead atoms. The summed E-state index contributed by atoms with van der Waals surface area (Å²) in [7, 11) is 3.57. The van der Waals surface area contributed by atoms with Crippen LogP contribution < -0.4 is 0 Å². The van der Waals surface area contributed by atoms with E-state index in [-0.39, 0.29) is 11.6 Å². The minimum Gasteiger partial charge on any atom is -0.469 e. The SMILES string of the molecule is COC(=O)CCN(C)C1CCOC2(CCCCC2)C1. The predicted octanol–water partition coefficient (Wildman–Crippen LogP) is 2.36. The first-order valence-corrected chi connectivity index (χ1v) is 7.56. The zero-order chi connectivity index (χ0) is 13.7. The van der Waals surface area contributed by atoms with Gasteiger partial charge in [-0.3, -0.25) is 4.79 Å². The lowest BCUT2D eigenvalue weighted by Gasteiger charge is -2.45. The zero-order valence-electron chi connectivity index (χ0n) is 12.3. The molecule has 0 N–H and O–H groups in total. The van der Waals surface area contributed by atoms with Crippen LogP contribution in [0.4, 0.5) is 0 Å². The molecule has 1 unspecified atom stereocenters. The highest BCUT2D eigenvalue weighted by atomic mass is 16.5. The quantitative estimate of drug-likeness (QED) is 0.734. The maximum atomic E-state index is 11.2. The van der Waals surface area contributed by atoms with Crippen LogP contribution in [0.15, 0.2) is 0 Å². The van der Waals surface area contributed by atoms with Gasteiger partial charge in [0.25, 0.3) is 0 Å². The van der Waals surface area contributed by atoms with Crippen LogP contribution in [0.2, 0.25) is 0 Å². The number of rotatable bonds is 4. The van der Waals surface area contributed by atoms with Crippen LogP contribution in [0.3, 0.4) is 0 Å². The molecule has 4 nitrogen and oxygen atoms in total. The van der Waals surface area contributed by atoms with Gasteiger partial charge in [0.05, 0.1) is 19.1 Å². The van der Waals surface area contributed by atoms with Gasteiger partial charge in [-0.2, -0.15) is 0 Å². The molecule has 0 aromatic rings. The van der Waals surface area contributed by atoms with E-state index in [0.29, 0.717) is 12.5 Å². The molecule has 1 atom stereocenters. The molecule has 0 aromatic heterocycles. The summed E-state index contributed by atoms with van der Waals surface area (Å²) in [4.78, 5) is 13.5. The van der Waals surface area contributed by atoms with E-state index >= 15 is 0 Å². The van der Waals surface area contributed by atoms with Crippen molar-refractivity contribution in [2.45, 2.75) is 63.0 Å². The number of hydrogen-bond acceptors (Lipinski definition) is 4. The first kappa shape index (κ1) is 14.8. The van der Waals surface area contributed by atoms with Crippen molar-refractivity contribution in [1.29, 1.82) is 0 Å².